The predicted molar refractivity (Wildman–Crippen MR) is 437 cm³/mol. The van der Waals surface area contributed by atoms with Crippen LogP contribution in [0.15, 0.2) is 213 Å². The molecule has 6 aromatic carbocycles. The molecule has 30 nitrogen and oxygen atoms in total. The largest absolute Gasteiger partial charge is 0.481 e. The highest BCUT2D eigenvalue weighted by molar-refractivity contribution is 9.10. The Morgan fingerprint density at radius 3 is 1.48 bits per heavy atom. The zero-order chi connectivity index (χ0) is 87.2. The predicted octanol–water partition coefficient (Wildman–Crippen LogP) is 14.2. The van der Waals surface area contributed by atoms with Crippen LogP contribution in [-0.2, 0) is 38.7 Å². The number of nitrogen functional groups attached to an aromatic ring is 1. The van der Waals surface area contributed by atoms with Crippen molar-refractivity contribution in [1.82, 2.24) is 63.5 Å². The molecule has 0 aliphatic rings. The van der Waals surface area contributed by atoms with Gasteiger partial charge in [-0.2, -0.15) is 13.4 Å². The number of urea groups is 1. The zero-order valence-corrected chi connectivity index (χ0v) is 69.1. The molecule has 0 saturated carbocycles. The van der Waals surface area contributed by atoms with Crippen LogP contribution in [0.5, 0.6) is 0 Å². The average molecular weight is 1710 g/mol. The summed E-state index contributed by atoms with van der Waals surface area (Å²) in [5.41, 5.74) is 16.9. The first-order chi connectivity index (χ1) is 55.4. The minimum atomic E-state index is -4.02. The number of ether oxygens (including phenoxy) is 4. The van der Waals surface area contributed by atoms with Crippen molar-refractivity contribution in [2.24, 2.45) is 10.7 Å². The van der Waals surface area contributed by atoms with Crippen LogP contribution in [0.3, 0.4) is 0 Å². The van der Waals surface area contributed by atoms with Crippen LogP contribution in [0.4, 0.5) is 43.8 Å². The van der Waals surface area contributed by atoms with Gasteiger partial charge >= 0.3 is 17.4 Å². The Balaban J connectivity index is 0.000000289. The lowest BCUT2D eigenvalue weighted by Crippen LogP contribution is -2.37. The smallest absolute Gasteiger partial charge is 0.338 e. The molecule has 37 heteroatoms. The van der Waals surface area contributed by atoms with E-state index in [0.717, 1.165) is 56.4 Å². The number of aryl methyl sites for hydroxylation is 6. The van der Waals surface area contributed by atoms with E-state index in [1.165, 1.54) is 107 Å². The van der Waals surface area contributed by atoms with E-state index in [9.17, 15) is 49.5 Å². The number of aliphatic imine (C=N–C) groups is 1. The lowest BCUT2D eigenvalue weighted by Gasteiger charge is -2.14. The molecule has 0 spiro atoms. The molecule has 0 aliphatic heterocycles. The molecule has 0 aliphatic carbocycles. The van der Waals surface area contributed by atoms with Crippen LogP contribution in [0, 0.1) is 70.6 Å². The third kappa shape index (κ3) is 32.5. The minimum absolute atomic E-state index is 0.0330. The van der Waals surface area contributed by atoms with E-state index in [0.29, 0.717) is 29.9 Å². The maximum Gasteiger partial charge on any atom is 0.338 e. The topological polar surface area (TPSA) is 403 Å². The minimum Gasteiger partial charge on any atom is -0.481 e. The summed E-state index contributed by atoms with van der Waals surface area (Å²) in [5, 5.41) is 28.4. The van der Waals surface area contributed by atoms with E-state index in [1.54, 1.807) is 134 Å². The molecule has 0 unspecified atom stereocenters. The Bertz CT molecular complexity index is 5430. The maximum atomic E-state index is 14.3. The van der Waals surface area contributed by atoms with Crippen molar-refractivity contribution in [3.05, 3.63) is 277 Å². The number of carbonyl (C=O) groups excluding carboxylic acids is 2. The van der Waals surface area contributed by atoms with Crippen LogP contribution >= 0.6 is 15.9 Å². The number of methoxy groups -OCH3 is 4. The van der Waals surface area contributed by atoms with Crippen molar-refractivity contribution < 1.29 is 73.4 Å². The number of nitrogens with one attached hydrogen (secondary N) is 3. The number of carbonyl (C=O) groups is 2. The summed E-state index contributed by atoms with van der Waals surface area (Å²) in [4.78, 5) is 68.8. The van der Waals surface area contributed by atoms with E-state index in [1.807, 2.05) is 61.1 Å². The summed E-state index contributed by atoms with van der Waals surface area (Å²) in [5.74, 6) is -1.14. The van der Waals surface area contributed by atoms with E-state index in [2.05, 4.69) is 80.8 Å². The number of halogens is 6. The maximum absolute atomic E-state index is 14.3. The highest BCUT2D eigenvalue weighted by atomic mass is 79.9. The second-order valence-electron chi connectivity index (χ2n) is 25.2. The molecule has 0 fully saturated rings. The normalized spacial score (nSPS) is 10.5. The van der Waals surface area contributed by atoms with Gasteiger partial charge in [-0.1, -0.05) is 60.2 Å². The van der Waals surface area contributed by atoms with Gasteiger partial charge in [-0.25, -0.2) is 51.1 Å². The Morgan fingerprint density at radius 2 is 1.05 bits per heavy atom. The van der Waals surface area contributed by atoms with Gasteiger partial charge in [-0.3, -0.25) is 23.0 Å². The highest BCUT2D eigenvalue weighted by Crippen LogP contribution is 2.24. The molecule has 0 atom stereocenters. The Kier molecular flexibility index (Phi) is 40.5. The molecule has 9 N–H and O–H groups in total. The van der Waals surface area contributed by atoms with Crippen molar-refractivity contribution in [3.8, 4) is 40.2 Å². The second-order valence-corrected chi connectivity index (χ2v) is 27.5. The fraction of sp³-hybridized carbons (Fsp3) is 0.263. The van der Waals surface area contributed by atoms with Gasteiger partial charge < -0.3 is 60.3 Å². The monoisotopic (exact) mass is 1710 g/mol. The summed E-state index contributed by atoms with van der Waals surface area (Å²) >= 11 is 3.34. The molecule has 12 rings (SSSR count). The number of hydrogen-bond donors (Lipinski definition) is 7. The number of H-pyrrole nitrogens is 1. The lowest BCUT2D eigenvalue weighted by atomic mass is 10.2. The fourth-order valence-electron chi connectivity index (χ4n) is 9.39. The number of aromatic nitrogens is 12. The number of imidazole rings is 2. The molecule has 2 amide bonds. The number of anilines is 2. The van der Waals surface area contributed by atoms with Crippen LogP contribution < -0.4 is 33.5 Å². The number of aliphatic carboxylic acids is 1. The molecular formula is C80H93BrF5N17O13S. The first-order valence-electron chi connectivity index (χ1n) is 35.1. The van der Waals surface area contributed by atoms with Gasteiger partial charge in [0.05, 0.1) is 34.2 Å². The summed E-state index contributed by atoms with van der Waals surface area (Å²) in [6.45, 7) is 20.7. The zero-order valence-electron chi connectivity index (χ0n) is 66.7. The molecule has 624 valence electrons. The van der Waals surface area contributed by atoms with Crippen molar-refractivity contribution >= 4 is 61.2 Å². The third-order valence-electron chi connectivity index (χ3n) is 15.4. The van der Waals surface area contributed by atoms with Crippen LogP contribution in [0.25, 0.3) is 40.2 Å². The summed E-state index contributed by atoms with van der Waals surface area (Å²) in [6, 6.07) is 40.3. The number of pyridine rings is 2. The summed E-state index contributed by atoms with van der Waals surface area (Å²) in [6.07, 6.45) is 9.96. The van der Waals surface area contributed by atoms with E-state index in [-0.39, 0.29) is 63.7 Å². The molecule has 0 saturated heterocycles. The Morgan fingerprint density at radius 1 is 0.598 bits per heavy atom. The Labute approximate surface area is 681 Å². The van der Waals surface area contributed by atoms with Crippen molar-refractivity contribution in [2.75, 3.05) is 52.6 Å². The van der Waals surface area contributed by atoms with E-state index >= 15 is 0 Å². The Hall–Kier alpha value is -12.3. The van der Waals surface area contributed by atoms with Crippen molar-refractivity contribution in [2.45, 2.75) is 106 Å². The van der Waals surface area contributed by atoms with Gasteiger partial charge in [0.2, 0.25) is 6.08 Å². The van der Waals surface area contributed by atoms with Gasteiger partial charge in [-0.05, 0) is 210 Å². The number of rotatable bonds is 17. The number of isocyanates is 1. The highest BCUT2D eigenvalue weighted by Gasteiger charge is 2.18. The number of carboxylic acids is 1. The number of nitrogens with two attached hydrogens (primary N) is 2. The van der Waals surface area contributed by atoms with Crippen LogP contribution in [-0.4, -0.2) is 148 Å². The number of carboxylic acid groups (broad SMARTS) is 1. The average Bonchev–Trinajstić information content (AvgIpc) is 1.65. The SMILES string of the molecule is CC(=O)O.CC(C)n1cnnc1-c1cccc(Br)n1.COC(CN)OC.COC(CNC(=O)Nc1ccc(C)cc1F)OC.Cc1ccc(-n2cc[nH]c2=O)c(F)c1.Cc1ccc(-n2ccn(-c3cccc(-c4nncn4C(C)C)n3)c2=O)c(F)c1.Cc1ccc(N)c(F)c1.Cc1ccc(N=C=O)c(F)c1.Cc1ccc(S(=O)(=O)O)cc1. The molecule has 6 aromatic heterocycles. The van der Waals surface area contributed by atoms with E-state index in [4.69, 9.17) is 44.9 Å². The third-order valence-corrected chi connectivity index (χ3v) is 16.7. The van der Waals surface area contributed by atoms with Gasteiger partial charge in [0.1, 0.15) is 69.2 Å². The molecule has 6 heterocycles. The van der Waals surface area contributed by atoms with Gasteiger partial charge in [0, 0.05) is 78.8 Å². The first kappa shape index (κ1) is 97.0. The molecular weight excluding hydrogens is 1610 g/mol. The molecule has 117 heavy (non-hydrogen) atoms. The van der Waals surface area contributed by atoms with Gasteiger partial charge in [0.15, 0.2) is 24.2 Å². The molecule has 12 aromatic rings. The molecule has 0 radical (unpaired) electrons. The first-order valence-corrected chi connectivity index (χ1v) is 37.3. The lowest BCUT2D eigenvalue weighted by molar-refractivity contribution is -0.134. The molecule has 0 bridgehead atoms. The second kappa shape index (κ2) is 48.8. The summed E-state index contributed by atoms with van der Waals surface area (Å²) in [7, 11) is 2.02. The number of amides is 2. The standard InChI is InChI=1S/C20H19FN6O.C12H17FN2O3.C10H11BrN4.C10H9FN2O.C8H6FNO.C7H8FN.C7H8O3S.C4H11NO2.C2H4O2/c1-13(2)27-12-22-24-19(27)16-5-4-6-18(23-16)26-10-9-25(20(26)28)17-8-7-14(3)11-15(17)21;1-8-4-5-10(9(13)6-8)15-12(16)14-7-11(17-2)18-3;1-7(2)15-6-12-14-10(15)8-4-3-5-9(11)13-8;1-7-2-3-9(8(11)6-7)13-5-4-12-10(13)14;1-6-2-3-8(10-5-11)7(9)4-6;1-5-2-3-7(9)6(8)4-5;1-6-2-4-7(5-3-6)11(8,9)10;1-6-4(3-5)7-2;1-2(3)4/h4-13H,1-3H3;4-6,11H,7H2,1-3H3,(H2,14,15,16);3-7H,1-2H3;2-6H,1H3,(H,12,14);2-4H,1H3;2-4H,9H2,1H3;2-5H,1H3,(H,8,9,10);4H,3,5H2,1-2H3;1H3,(H,3,4). The van der Waals surface area contributed by atoms with Gasteiger partial charge in [-0.15, -0.1) is 20.4 Å². The fourth-order valence-corrected chi connectivity index (χ4v) is 10.2. The summed E-state index contributed by atoms with van der Waals surface area (Å²) < 4.78 is 124. The van der Waals surface area contributed by atoms with E-state index < -0.39 is 57.4 Å². The van der Waals surface area contributed by atoms with Crippen molar-refractivity contribution in [1.29, 1.82) is 0 Å². The van der Waals surface area contributed by atoms with Crippen LogP contribution in [0.1, 0.15) is 80.1 Å². The van der Waals surface area contributed by atoms with Crippen molar-refractivity contribution in [3.63, 3.8) is 0 Å². The number of benzene rings is 6. The van der Waals surface area contributed by atoms with Crippen LogP contribution in [0.2, 0.25) is 0 Å². The quantitative estimate of drug-likeness (QED) is 0.00846. The number of hydrogen-bond acceptors (Lipinski definition) is 20. The van der Waals surface area contributed by atoms with Gasteiger partial charge in [0.25, 0.3) is 16.1 Å². The number of nitrogens with zero attached hydrogens (tertiary/aromatic N) is 12. The number of aromatic amines is 1.